The van der Waals surface area contributed by atoms with Crippen LogP contribution in [0.3, 0.4) is 0 Å². The van der Waals surface area contributed by atoms with Crippen molar-refractivity contribution in [1.82, 2.24) is 4.98 Å². The van der Waals surface area contributed by atoms with Crippen LogP contribution in [0.25, 0.3) is 0 Å². The van der Waals surface area contributed by atoms with Gasteiger partial charge in [-0.25, -0.2) is 4.98 Å². The van der Waals surface area contributed by atoms with Gasteiger partial charge in [-0.2, -0.15) is 13.2 Å². The molecule has 0 aromatic carbocycles. The van der Waals surface area contributed by atoms with Crippen molar-refractivity contribution in [2.75, 3.05) is 18.0 Å². The van der Waals surface area contributed by atoms with Crippen LogP contribution in [-0.4, -0.2) is 24.1 Å². The summed E-state index contributed by atoms with van der Waals surface area (Å²) in [5, 5.41) is -0.384. The van der Waals surface area contributed by atoms with Gasteiger partial charge in [-0.05, 0) is 18.6 Å². The van der Waals surface area contributed by atoms with Crippen LogP contribution in [-0.2, 0) is 6.18 Å². The van der Waals surface area contributed by atoms with Crippen molar-refractivity contribution in [3.63, 3.8) is 0 Å². The van der Waals surface area contributed by atoms with Crippen LogP contribution in [0.4, 0.5) is 19.0 Å². The van der Waals surface area contributed by atoms with Gasteiger partial charge in [0.05, 0.1) is 5.02 Å². The SMILES string of the molecule is N[C@@H]1CCN(c2ccc(Cl)c(C(F)(F)F)n2)C1. The summed E-state index contributed by atoms with van der Waals surface area (Å²) >= 11 is 5.49. The van der Waals surface area contributed by atoms with E-state index in [0.29, 0.717) is 13.1 Å². The summed E-state index contributed by atoms with van der Waals surface area (Å²) in [5.74, 6) is 0.273. The first-order valence-electron chi connectivity index (χ1n) is 5.12. The fourth-order valence-corrected chi connectivity index (χ4v) is 2.01. The number of hydrogen-bond acceptors (Lipinski definition) is 3. The van der Waals surface area contributed by atoms with Crippen molar-refractivity contribution in [2.45, 2.75) is 18.6 Å². The monoisotopic (exact) mass is 265 g/mol. The largest absolute Gasteiger partial charge is 0.434 e. The van der Waals surface area contributed by atoms with Gasteiger partial charge in [-0.3, -0.25) is 0 Å². The molecule has 0 bridgehead atoms. The summed E-state index contributed by atoms with van der Waals surface area (Å²) in [7, 11) is 0. The molecular formula is C10H11ClF3N3. The maximum Gasteiger partial charge on any atom is 0.434 e. The van der Waals surface area contributed by atoms with Crippen LogP contribution in [0.5, 0.6) is 0 Å². The van der Waals surface area contributed by atoms with Crippen molar-refractivity contribution in [2.24, 2.45) is 5.73 Å². The molecule has 17 heavy (non-hydrogen) atoms. The van der Waals surface area contributed by atoms with Crippen molar-refractivity contribution in [1.29, 1.82) is 0 Å². The summed E-state index contributed by atoms with van der Waals surface area (Å²) in [4.78, 5) is 5.31. The van der Waals surface area contributed by atoms with E-state index in [2.05, 4.69) is 4.98 Å². The molecule has 1 saturated heterocycles. The normalized spacial score (nSPS) is 21.0. The van der Waals surface area contributed by atoms with Crippen LogP contribution in [0, 0.1) is 0 Å². The molecule has 0 aliphatic carbocycles. The number of halogens is 4. The number of aromatic nitrogens is 1. The first-order chi connectivity index (χ1) is 7.88. The van der Waals surface area contributed by atoms with Gasteiger partial charge in [0, 0.05) is 19.1 Å². The predicted molar refractivity (Wildman–Crippen MR) is 59.1 cm³/mol. The molecule has 1 atom stereocenters. The topological polar surface area (TPSA) is 42.1 Å². The Morgan fingerprint density at radius 2 is 2.12 bits per heavy atom. The van der Waals surface area contributed by atoms with E-state index in [1.165, 1.54) is 12.1 Å². The molecule has 0 unspecified atom stereocenters. The first-order valence-corrected chi connectivity index (χ1v) is 5.50. The fraction of sp³-hybridized carbons (Fsp3) is 0.500. The van der Waals surface area contributed by atoms with E-state index < -0.39 is 11.9 Å². The maximum atomic E-state index is 12.6. The van der Waals surface area contributed by atoms with Gasteiger partial charge >= 0.3 is 6.18 Å². The minimum atomic E-state index is -4.53. The smallest absolute Gasteiger partial charge is 0.355 e. The molecule has 0 saturated carbocycles. The average Bonchev–Trinajstić information content (AvgIpc) is 2.64. The Kier molecular flexibility index (Phi) is 3.18. The average molecular weight is 266 g/mol. The van der Waals surface area contributed by atoms with E-state index in [0.717, 1.165) is 6.42 Å². The zero-order valence-corrected chi connectivity index (χ0v) is 9.59. The van der Waals surface area contributed by atoms with Crippen LogP contribution < -0.4 is 10.6 Å². The van der Waals surface area contributed by atoms with Crippen LogP contribution >= 0.6 is 11.6 Å². The number of pyridine rings is 1. The summed E-state index contributed by atoms with van der Waals surface area (Å²) in [5.41, 5.74) is 4.65. The maximum absolute atomic E-state index is 12.6. The molecule has 0 amide bonds. The zero-order valence-electron chi connectivity index (χ0n) is 8.84. The zero-order chi connectivity index (χ0) is 12.6. The molecule has 1 fully saturated rings. The van der Waals surface area contributed by atoms with Gasteiger partial charge in [0.2, 0.25) is 0 Å². The Balaban J connectivity index is 2.31. The van der Waals surface area contributed by atoms with Crippen molar-refractivity contribution < 1.29 is 13.2 Å². The third kappa shape index (κ3) is 2.63. The van der Waals surface area contributed by atoms with E-state index in [-0.39, 0.29) is 16.9 Å². The molecule has 3 nitrogen and oxygen atoms in total. The second-order valence-electron chi connectivity index (χ2n) is 3.99. The standard InChI is InChI=1S/C10H11ClF3N3/c11-7-1-2-8(16-9(7)10(12,13)14)17-4-3-6(15)5-17/h1-2,6H,3-5,15H2/t6-/m1/s1. The summed E-state index contributed by atoms with van der Waals surface area (Å²) in [6.45, 7) is 1.14. The van der Waals surface area contributed by atoms with E-state index in [9.17, 15) is 13.2 Å². The summed E-state index contributed by atoms with van der Waals surface area (Å²) in [6, 6.07) is 2.69. The lowest BCUT2D eigenvalue weighted by atomic mass is 10.3. The van der Waals surface area contributed by atoms with Gasteiger partial charge in [0.25, 0.3) is 0 Å². The lowest BCUT2D eigenvalue weighted by Crippen LogP contribution is -2.27. The highest BCUT2D eigenvalue weighted by molar-refractivity contribution is 6.31. The molecule has 2 rings (SSSR count). The molecule has 7 heteroatoms. The number of alkyl halides is 3. The second-order valence-corrected chi connectivity index (χ2v) is 4.40. The molecular weight excluding hydrogens is 255 g/mol. The van der Waals surface area contributed by atoms with Crippen molar-refractivity contribution in [3.05, 3.63) is 22.8 Å². The Hall–Kier alpha value is -1.01. The number of anilines is 1. The molecule has 0 radical (unpaired) electrons. The minimum absolute atomic E-state index is 0.0122. The lowest BCUT2D eigenvalue weighted by Gasteiger charge is -2.18. The highest BCUT2D eigenvalue weighted by atomic mass is 35.5. The quantitative estimate of drug-likeness (QED) is 0.847. The summed E-state index contributed by atoms with van der Waals surface area (Å²) < 4.78 is 37.8. The Morgan fingerprint density at radius 3 is 2.65 bits per heavy atom. The lowest BCUT2D eigenvalue weighted by molar-refractivity contribution is -0.141. The van der Waals surface area contributed by atoms with Crippen LogP contribution in [0.1, 0.15) is 12.1 Å². The highest BCUT2D eigenvalue weighted by Crippen LogP contribution is 2.34. The molecule has 2 N–H and O–H groups in total. The number of hydrogen-bond donors (Lipinski definition) is 1. The number of rotatable bonds is 1. The van der Waals surface area contributed by atoms with Crippen molar-refractivity contribution in [3.8, 4) is 0 Å². The van der Waals surface area contributed by atoms with Gasteiger partial charge in [0.1, 0.15) is 5.82 Å². The predicted octanol–water partition coefficient (Wildman–Crippen LogP) is 2.29. The van der Waals surface area contributed by atoms with E-state index >= 15 is 0 Å². The van der Waals surface area contributed by atoms with Gasteiger partial charge in [-0.15, -0.1) is 0 Å². The Bertz CT molecular complexity index is 422. The minimum Gasteiger partial charge on any atom is -0.355 e. The van der Waals surface area contributed by atoms with Gasteiger partial charge < -0.3 is 10.6 Å². The van der Waals surface area contributed by atoms with E-state index in [1.807, 2.05) is 0 Å². The molecule has 2 heterocycles. The number of nitrogens with two attached hydrogens (primary N) is 1. The van der Waals surface area contributed by atoms with Crippen molar-refractivity contribution >= 4 is 17.4 Å². The Morgan fingerprint density at radius 1 is 1.41 bits per heavy atom. The molecule has 1 aliphatic rings. The van der Waals surface area contributed by atoms with Crippen LogP contribution in [0.2, 0.25) is 5.02 Å². The van der Waals surface area contributed by atoms with E-state index in [1.54, 1.807) is 4.90 Å². The second kappa shape index (κ2) is 4.34. The third-order valence-corrected chi connectivity index (χ3v) is 2.95. The molecule has 1 aromatic heterocycles. The number of nitrogens with zero attached hydrogens (tertiary/aromatic N) is 2. The third-order valence-electron chi connectivity index (χ3n) is 2.65. The Labute approximate surface area is 101 Å². The van der Waals surface area contributed by atoms with Crippen LogP contribution in [0.15, 0.2) is 12.1 Å². The van der Waals surface area contributed by atoms with E-state index in [4.69, 9.17) is 17.3 Å². The molecule has 1 aromatic rings. The molecule has 0 spiro atoms. The molecule has 94 valence electrons. The first kappa shape index (κ1) is 12.4. The van der Waals surface area contributed by atoms with Gasteiger partial charge in [0.15, 0.2) is 5.69 Å². The summed E-state index contributed by atoms with van der Waals surface area (Å²) in [6.07, 6.45) is -3.78. The highest BCUT2D eigenvalue weighted by Gasteiger charge is 2.36. The van der Waals surface area contributed by atoms with Gasteiger partial charge in [-0.1, -0.05) is 11.6 Å². The fourth-order valence-electron chi connectivity index (χ4n) is 1.80. The molecule has 1 aliphatic heterocycles.